The number of ether oxygens (including phenoxy) is 1. The zero-order chi connectivity index (χ0) is 31.1. The molecule has 44 heavy (non-hydrogen) atoms. The summed E-state index contributed by atoms with van der Waals surface area (Å²) < 4.78 is 6.07. The first-order chi connectivity index (χ1) is 21.3. The second-order valence-corrected chi connectivity index (χ2v) is 10.6. The summed E-state index contributed by atoms with van der Waals surface area (Å²) in [6.45, 7) is 1.32. The highest BCUT2D eigenvalue weighted by Crippen LogP contribution is 2.29. The number of hydrogen-bond donors (Lipinski definition) is 2. The van der Waals surface area contributed by atoms with Crippen molar-refractivity contribution in [2.45, 2.75) is 25.3 Å². The summed E-state index contributed by atoms with van der Waals surface area (Å²) in [5, 5.41) is 25.6. The first kappa shape index (κ1) is 30.6. The number of rotatable bonds is 9. The van der Waals surface area contributed by atoms with Gasteiger partial charge in [0.25, 0.3) is 0 Å². The number of aromatic nitrogens is 6. The average Bonchev–Trinajstić information content (AvgIpc) is 3.76. The van der Waals surface area contributed by atoms with Crippen LogP contribution in [-0.4, -0.2) is 73.4 Å². The number of methoxy groups -OCH3 is 1. The summed E-state index contributed by atoms with van der Waals surface area (Å²) in [7, 11) is 1.28. The molecule has 2 aromatic heterocycles. The standard InChI is InChI=1S/C29H27Cl2N9O4/c1-44-29(43)33-21-8-4-18(5-9-21)23-15-22(28(31)36-35-23)24(16-27(42)39-12-2-3-13-39)34-26(41)11-6-19-14-20(30)7-10-25(19)40-17-32-37-38-40/h4-11,14-15,17,24H,2-3,12-13,16H2,1H3,(H,33,43)(H,34,41)/t24-/m0/s1. The molecule has 3 heterocycles. The van der Waals surface area contributed by atoms with E-state index in [1.807, 2.05) is 0 Å². The molecule has 0 aliphatic carbocycles. The lowest BCUT2D eigenvalue weighted by Crippen LogP contribution is -2.35. The van der Waals surface area contributed by atoms with Gasteiger partial charge in [0.15, 0.2) is 5.15 Å². The van der Waals surface area contributed by atoms with Crippen LogP contribution in [0.25, 0.3) is 23.0 Å². The normalized spacial score (nSPS) is 13.6. The van der Waals surface area contributed by atoms with E-state index in [2.05, 4.69) is 41.1 Å². The van der Waals surface area contributed by atoms with Crippen molar-refractivity contribution in [2.75, 3.05) is 25.5 Å². The van der Waals surface area contributed by atoms with E-state index < -0.39 is 18.0 Å². The van der Waals surface area contributed by atoms with Crippen molar-refractivity contribution in [2.24, 2.45) is 0 Å². The molecule has 1 aliphatic rings. The third kappa shape index (κ3) is 7.54. The van der Waals surface area contributed by atoms with Gasteiger partial charge in [-0.2, -0.15) is 4.68 Å². The van der Waals surface area contributed by atoms with Gasteiger partial charge in [-0.3, -0.25) is 14.9 Å². The van der Waals surface area contributed by atoms with Gasteiger partial charge in [0.05, 0.1) is 31.0 Å². The summed E-state index contributed by atoms with van der Waals surface area (Å²) in [4.78, 5) is 39.8. The zero-order valence-electron chi connectivity index (χ0n) is 23.5. The summed E-state index contributed by atoms with van der Waals surface area (Å²) >= 11 is 12.7. The van der Waals surface area contributed by atoms with Crippen LogP contribution in [0.15, 0.2) is 60.9 Å². The molecule has 0 unspecified atom stereocenters. The van der Waals surface area contributed by atoms with E-state index in [9.17, 15) is 14.4 Å². The lowest BCUT2D eigenvalue weighted by Gasteiger charge is -2.22. The van der Waals surface area contributed by atoms with Gasteiger partial charge in [-0.15, -0.1) is 15.3 Å². The Labute approximate surface area is 262 Å². The summed E-state index contributed by atoms with van der Waals surface area (Å²) in [6.07, 6.45) is 5.58. The Morgan fingerprint density at radius 3 is 2.52 bits per heavy atom. The molecular formula is C29H27Cl2N9O4. The molecule has 2 aromatic carbocycles. The fourth-order valence-electron chi connectivity index (χ4n) is 4.70. The summed E-state index contributed by atoms with van der Waals surface area (Å²) in [5.41, 5.74) is 3.31. The highest BCUT2D eigenvalue weighted by Gasteiger charge is 2.26. The zero-order valence-corrected chi connectivity index (χ0v) is 25.0. The van der Waals surface area contributed by atoms with Crippen molar-refractivity contribution in [1.29, 1.82) is 0 Å². The Kier molecular flexibility index (Phi) is 9.77. The van der Waals surface area contributed by atoms with Crippen molar-refractivity contribution in [3.8, 4) is 16.9 Å². The van der Waals surface area contributed by atoms with Gasteiger partial charge in [0.1, 0.15) is 6.33 Å². The Morgan fingerprint density at radius 1 is 1.05 bits per heavy atom. The Hall–Kier alpha value is -4.88. The molecule has 226 valence electrons. The van der Waals surface area contributed by atoms with Crippen LogP contribution in [-0.2, 0) is 14.3 Å². The van der Waals surface area contributed by atoms with Gasteiger partial charge in [0, 0.05) is 46.6 Å². The monoisotopic (exact) mass is 635 g/mol. The van der Waals surface area contributed by atoms with Crippen molar-refractivity contribution in [3.05, 3.63) is 82.2 Å². The minimum atomic E-state index is -0.805. The fraction of sp³-hybridized carbons (Fsp3) is 0.241. The number of tetrazole rings is 1. The number of benzene rings is 2. The summed E-state index contributed by atoms with van der Waals surface area (Å²) in [5.74, 6) is -0.584. The first-order valence-corrected chi connectivity index (χ1v) is 14.3. The van der Waals surface area contributed by atoms with Crippen LogP contribution < -0.4 is 10.6 Å². The SMILES string of the molecule is COC(=O)Nc1ccc(-c2cc([C@H](CC(=O)N3CCCC3)NC(=O)C=Cc3cc(Cl)ccc3-n3cnnn3)c(Cl)nn2)cc1. The molecule has 0 spiro atoms. The van der Waals surface area contributed by atoms with Crippen LogP contribution in [0.3, 0.4) is 0 Å². The van der Waals surface area contributed by atoms with Crippen LogP contribution in [0.2, 0.25) is 10.2 Å². The number of amides is 3. The number of halogens is 2. The van der Waals surface area contributed by atoms with E-state index in [4.69, 9.17) is 23.2 Å². The third-order valence-corrected chi connectivity index (χ3v) is 7.45. The molecule has 15 heteroatoms. The molecule has 3 amide bonds. The number of nitrogens with one attached hydrogen (secondary N) is 2. The molecule has 5 rings (SSSR count). The van der Waals surface area contributed by atoms with Gasteiger partial charge in [-0.25, -0.2) is 4.79 Å². The van der Waals surface area contributed by atoms with E-state index in [1.165, 1.54) is 24.2 Å². The summed E-state index contributed by atoms with van der Waals surface area (Å²) in [6, 6.07) is 12.8. The van der Waals surface area contributed by atoms with E-state index in [0.717, 1.165) is 12.8 Å². The number of nitrogens with zero attached hydrogens (tertiary/aromatic N) is 7. The molecular weight excluding hydrogens is 609 g/mol. The number of hydrogen-bond acceptors (Lipinski definition) is 9. The minimum absolute atomic E-state index is 0.0283. The average molecular weight is 636 g/mol. The van der Waals surface area contributed by atoms with Crippen molar-refractivity contribution >= 4 is 52.9 Å². The third-order valence-electron chi connectivity index (χ3n) is 6.92. The highest BCUT2D eigenvalue weighted by atomic mass is 35.5. The lowest BCUT2D eigenvalue weighted by molar-refractivity contribution is -0.130. The van der Waals surface area contributed by atoms with Crippen molar-refractivity contribution in [3.63, 3.8) is 0 Å². The van der Waals surface area contributed by atoms with Crippen LogP contribution in [0, 0.1) is 0 Å². The van der Waals surface area contributed by atoms with Crippen LogP contribution >= 0.6 is 23.2 Å². The van der Waals surface area contributed by atoms with Gasteiger partial charge in [0.2, 0.25) is 11.8 Å². The predicted molar refractivity (Wildman–Crippen MR) is 163 cm³/mol. The van der Waals surface area contributed by atoms with Gasteiger partial charge in [-0.1, -0.05) is 35.3 Å². The van der Waals surface area contributed by atoms with E-state index in [-0.39, 0.29) is 17.5 Å². The molecule has 4 aromatic rings. The first-order valence-electron chi connectivity index (χ1n) is 13.6. The molecule has 1 aliphatic heterocycles. The second-order valence-electron chi connectivity index (χ2n) is 9.81. The van der Waals surface area contributed by atoms with Gasteiger partial charge >= 0.3 is 6.09 Å². The molecule has 1 atom stereocenters. The molecule has 1 saturated heterocycles. The largest absolute Gasteiger partial charge is 0.453 e. The van der Waals surface area contributed by atoms with E-state index in [0.29, 0.717) is 51.9 Å². The molecule has 1 fully saturated rings. The highest BCUT2D eigenvalue weighted by molar-refractivity contribution is 6.31. The maximum atomic E-state index is 13.3. The van der Waals surface area contributed by atoms with Crippen LogP contribution in [0.4, 0.5) is 10.5 Å². The van der Waals surface area contributed by atoms with Gasteiger partial charge < -0.3 is 15.0 Å². The predicted octanol–water partition coefficient (Wildman–Crippen LogP) is 4.49. The van der Waals surface area contributed by atoms with E-state index in [1.54, 1.807) is 59.5 Å². The smallest absolute Gasteiger partial charge is 0.411 e. The molecule has 0 saturated carbocycles. The Bertz CT molecular complexity index is 1670. The number of likely N-dealkylation sites (tertiary alicyclic amines) is 1. The van der Waals surface area contributed by atoms with Crippen molar-refractivity contribution in [1.82, 2.24) is 40.6 Å². The molecule has 0 radical (unpaired) electrons. The van der Waals surface area contributed by atoms with Crippen LogP contribution in [0.1, 0.15) is 36.4 Å². The van der Waals surface area contributed by atoms with Gasteiger partial charge in [-0.05, 0) is 65.7 Å². The van der Waals surface area contributed by atoms with Crippen LogP contribution in [0.5, 0.6) is 0 Å². The maximum Gasteiger partial charge on any atom is 0.411 e. The number of carbonyl (C=O) groups excluding carboxylic acids is 3. The topological polar surface area (TPSA) is 157 Å². The lowest BCUT2D eigenvalue weighted by atomic mass is 10.0. The molecule has 2 N–H and O–H groups in total. The fourth-order valence-corrected chi connectivity index (χ4v) is 5.11. The number of carbonyl (C=O) groups is 3. The Balaban J connectivity index is 1.41. The minimum Gasteiger partial charge on any atom is -0.453 e. The molecule has 13 nitrogen and oxygen atoms in total. The Morgan fingerprint density at radius 2 is 1.82 bits per heavy atom. The quantitative estimate of drug-likeness (QED) is 0.253. The van der Waals surface area contributed by atoms with E-state index >= 15 is 0 Å². The van der Waals surface area contributed by atoms with Crippen molar-refractivity contribution < 1.29 is 19.1 Å². The maximum absolute atomic E-state index is 13.3. The molecule has 0 bridgehead atoms. The second kappa shape index (κ2) is 14.1. The number of anilines is 1.